The second-order valence-corrected chi connectivity index (χ2v) is 6.11. The van der Waals surface area contributed by atoms with Gasteiger partial charge in [0.15, 0.2) is 0 Å². The van der Waals surface area contributed by atoms with Gasteiger partial charge in [-0.25, -0.2) is 4.98 Å². The minimum absolute atomic E-state index is 0.224. The van der Waals surface area contributed by atoms with Crippen molar-refractivity contribution in [3.8, 4) is 10.6 Å². The molecule has 0 radical (unpaired) electrons. The highest BCUT2D eigenvalue weighted by Gasteiger charge is 2.13. The molecular weight excluding hydrogens is 268 g/mol. The van der Waals surface area contributed by atoms with Crippen LogP contribution in [0.3, 0.4) is 0 Å². The van der Waals surface area contributed by atoms with E-state index in [1.165, 1.54) is 5.56 Å². The summed E-state index contributed by atoms with van der Waals surface area (Å²) >= 11 is 1.68. The lowest BCUT2D eigenvalue weighted by Gasteiger charge is -2.20. The van der Waals surface area contributed by atoms with Crippen LogP contribution in [0.1, 0.15) is 26.0 Å². The first kappa shape index (κ1) is 15.2. The van der Waals surface area contributed by atoms with E-state index < -0.39 is 0 Å². The highest BCUT2D eigenvalue weighted by atomic mass is 32.1. The zero-order chi connectivity index (χ0) is 14.4. The summed E-state index contributed by atoms with van der Waals surface area (Å²) in [5.74, 6) is 0.509. The summed E-state index contributed by atoms with van der Waals surface area (Å²) in [5, 5.41) is 15.7. The van der Waals surface area contributed by atoms with Crippen molar-refractivity contribution in [2.45, 2.75) is 32.9 Å². The summed E-state index contributed by atoms with van der Waals surface area (Å²) in [5.41, 5.74) is 2.23. The van der Waals surface area contributed by atoms with Crippen molar-refractivity contribution in [1.82, 2.24) is 10.3 Å². The number of aliphatic hydroxyl groups is 1. The molecule has 4 heteroatoms. The first-order valence-corrected chi connectivity index (χ1v) is 7.92. The third kappa shape index (κ3) is 4.13. The van der Waals surface area contributed by atoms with Crippen LogP contribution in [0.5, 0.6) is 0 Å². The molecule has 1 unspecified atom stereocenters. The van der Waals surface area contributed by atoms with Crippen molar-refractivity contribution in [3.05, 3.63) is 41.4 Å². The van der Waals surface area contributed by atoms with Gasteiger partial charge in [0, 0.05) is 30.1 Å². The smallest absolute Gasteiger partial charge is 0.123 e. The minimum Gasteiger partial charge on any atom is -0.396 e. The highest BCUT2D eigenvalue weighted by Crippen LogP contribution is 2.23. The summed E-state index contributed by atoms with van der Waals surface area (Å²) in [7, 11) is 0. The maximum absolute atomic E-state index is 9.08. The van der Waals surface area contributed by atoms with Gasteiger partial charge in [0.05, 0.1) is 5.69 Å². The van der Waals surface area contributed by atoms with E-state index in [1.807, 2.05) is 18.2 Å². The lowest BCUT2D eigenvalue weighted by molar-refractivity contribution is 0.243. The van der Waals surface area contributed by atoms with E-state index in [-0.39, 0.29) is 6.61 Å². The number of rotatable bonds is 7. The van der Waals surface area contributed by atoms with Gasteiger partial charge in [-0.1, -0.05) is 44.2 Å². The molecule has 0 fully saturated rings. The van der Waals surface area contributed by atoms with E-state index in [0.717, 1.165) is 23.7 Å². The molecule has 2 aromatic rings. The molecule has 0 bridgehead atoms. The van der Waals surface area contributed by atoms with E-state index in [9.17, 15) is 0 Å². The van der Waals surface area contributed by atoms with Gasteiger partial charge in [-0.15, -0.1) is 11.3 Å². The number of thiazole rings is 1. The van der Waals surface area contributed by atoms with Crippen LogP contribution in [0.25, 0.3) is 10.6 Å². The second-order valence-electron chi connectivity index (χ2n) is 5.25. The van der Waals surface area contributed by atoms with Gasteiger partial charge in [-0.05, 0) is 12.3 Å². The van der Waals surface area contributed by atoms with Crippen molar-refractivity contribution in [1.29, 1.82) is 0 Å². The van der Waals surface area contributed by atoms with E-state index in [1.54, 1.807) is 11.3 Å². The third-order valence-corrected chi connectivity index (χ3v) is 4.30. The summed E-state index contributed by atoms with van der Waals surface area (Å²) in [6.45, 7) is 5.32. The number of aromatic nitrogens is 1. The van der Waals surface area contributed by atoms with Gasteiger partial charge < -0.3 is 10.4 Å². The number of aliphatic hydroxyl groups excluding tert-OH is 1. The van der Waals surface area contributed by atoms with Crippen molar-refractivity contribution in [2.24, 2.45) is 5.92 Å². The molecule has 0 aliphatic carbocycles. The zero-order valence-electron chi connectivity index (χ0n) is 12.0. The lowest BCUT2D eigenvalue weighted by atomic mass is 10.0. The molecule has 0 saturated heterocycles. The number of hydrogen-bond donors (Lipinski definition) is 2. The summed E-state index contributed by atoms with van der Waals surface area (Å²) < 4.78 is 0. The molecule has 0 amide bonds. The Morgan fingerprint density at radius 1 is 1.25 bits per heavy atom. The Hall–Kier alpha value is -1.23. The predicted octanol–water partition coefficient (Wildman–Crippen LogP) is 3.31. The van der Waals surface area contributed by atoms with E-state index >= 15 is 0 Å². The van der Waals surface area contributed by atoms with Gasteiger partial charge in [0.25, 0.3) is 0 Å². The first-order valence-electron chi connectivity index (χ1n) is 7.04. The van der Waals surface area contributed by atoms with Crippen molar-refractivity contribution in [3.63, 3.8) is 0 Å². The maximum atomic E-state index is 9.08. The quantitative estimate of drug-likeness (QED) is 0.822. The Morgan fingerprint density at radius 2 is 2.00 bits per heavy atom. The van der Waals surface area contributed by atoms with Crippen LogP contribution in [0.4, 0.5) is 0 Å². The standard InChI is InChI=1S/C16H22N2OS/c1-12(2)15(8-9-19)17-10-14-11-20-16(18-14)13-6-4-3-5-7-13/h3-7,11-12,15,17,19H,8-10H2,1-2H3. The zero-order valence-corrected chi connectivity index (χ0v) is 12.9. The highest BCUT2D eigenvalue weighted by molar-refractivity contribution is 7.13. The summed E-state index contributed by atoms with van der Waals surface area (Å²) in [4.78, 5) is 4.67. The number of nitrogens with zero attached hydrogens (tertiary/aromatic N) is 1. The molecule has 2 rings (SSSR count). The predicted molar refractivity (Wildman–Crippen MR) is 84.7 cm³/mol. The molecular formula is C16H22N2OS. The molecule has 2 N–H and O–H groups in total. The van der Waals surface area contributed by atoms with Crippen molar-refractivity contribution in [2.75, 3.05) is 6.61 Å². The molecule has 0 aliphatic heterocycles. The van der Waals surface area contributed by atoms with Crippen molar-refractivity contribution < 1.29 is 5.11 Å². The molecule has 0 saturated carbocycles. The Bertz CT molecular complexity index is 510. The molecule has 20 heavy (non-hydrogen) atoms. The SMILES string of the molecule is CC(C)C(CCO)NCc1csc(-c2ccccc2)n1. The van der Waals surface area contributed by atoms with E-state index in [0.29, 0.717) is 12.0 Å². The second kappa shape index (κ2) is 7.53. The Labute approximate surface area is 124 Å². The average molecular weight is 290 g/mol. The fraction of sp³-hybridized carbons (Fsp3) is 0.438. The molecule has 0 aliphatic rings. The topological polar surface area (TPSA) is 45.1 Å². The van der Waals surface area contributed by atoms with E-state index in [4.69, 9.17) is 5.11 Å². The number of benzene rings is 1. The molecule has 0 spiro atoms. The molecule has 1 aromatic heterocycles. The summed E-state index contributed by atoms with van der Waals surface area (Å²) in [6.07, 6.45) is 0.785. The lowest BCUT2D eigenvalue weighted by Crippen LogP contribution is -2.34. The molecule has 3 nitrogen and oxygen atoms in total. The molecule has 1 aromatic carbocycles. The maximum Gasteiger partial charge on any atom is 0.123 e. The molecule has 108 valence electrons. The Balaban J connectivity index is 1.96. The fourth-order valence-electron chi connectivity index (χ4n) is 2.15. The summed E-state index contributed by atoms with van der Waals surface area (Å²) in [6, 6.07) is 10.6. The van der Waals surface area contributed by atoms with Crippen LogP contribution >= 0.6 is 11.3 Å². The van der Waals surface area contributed by atoms with Crippen LogP contribution in [0, 0.1) is 5.92 Å². The van der Waals surface area contributed by atoms with Crippen LogP contribution in [0.2, 0.25) is 0 Å². The third-order valence-electron chi connectivity index (χ3n) is 3.36. The van der Waals surface area contributed by atoms with Crippen LogP contribution in [-0.4, -0.2) is 22.7 Å². The number of hydrogen-bond acceptors (Lipinski definition) is 4. The number of nitrogens with one attached hydrogen (secondary N) is 1. The van der Waals surface area contributed by atoms with Gasteiger partial charge in [0.2, 0.25) is 0 Å². The average Bonchev–Trinajstić information content (AvgIpc) is 2.93. The van der Waals surface area contributed by atoms with Crippen molar-refractivity contribution >= 4 is 11.3 Å². The normalized spacial score (nSPS) is 12.8. The van der Waals surface area contributed by atoms with Gasteiger partial charge in [-0.3, -0.25) is 0 Å². The fourth-order valence-corrected chi connectivity index (χ4v) is 2.97. The van der Waals surface area contributed by atoms with Crippen LogP contribution in [-0.2, 0) is 6.54 Å². The largest absolute Gasteiger partial charge is 0.396 e. The van der Waals surface area contributed by atoms with Gasteiger partial charge >= 0.3 is 0 Å². The first-order chi connectivity index (χ1) is 9.70. The van der Waals surface area contributed by atoms with E-state index in [2.05, 4.69) is 41.7 Å². The Morgan fingerprint density at radius 3 is 2.65 bits per heavy atom. The molecule has 1 heterocycles. The minimum atomic E-state index is 0.224. The monoisotopic (exact) mass is 290 g/mol. The van der Waals surface area contributed by atoms with Crippen LogP contribution < -0.4 is 5.32 Å². The molecule has 1 atom stereocenters. The van der Waals surface area contributed by atoms with Gasteiger partial charge in [-0.2, -0.15) is 0 Å². The van der Waals surface area contributed by atoms with Crippen LogP contribution in [0.15, 0.2) is 35.7 Å². The Kier molecular flexibility index (Phi) is 5.71. The van der Waals surface area contributed by atoms with Gasteiger partial charge in [0.1, 0.15) is 5.01 Å².